The van der Waals surface area contributed by atoms with Crippen LogP contribution in [0.2, 0.25) is 0 Å². The van der Waals surface area contributed by atoms with Gasteiger partial charge in [0, 0.05) is 18.7 Å². The summed E-state index contributed by atoms with van der Waals surface area (Å²) in [6, 6.07) is 17.6. The molecular formula is C28H36N2O3. The van der Waals surface area contributed by atoms with Crippen LogP contribution in [0.4, 0.5) is 0 Å². The van der Waals surface area contributed by atoms with E-state index in [4.69, 9.17) is 4.74 Å². The van der Waals surface area contributed by atoms with Crippen molar-refractivity contribution in [1.82, 2.24) is 10.2 Å². The maximum absolute atomic E-state index is 13.1. The lowest BCUT2D eigenvalue weighted by atomic mass is 10.0. The van der Waals surface area contributed by atoms with Crippen molar-refractivity contribution in [1.29, 1.82) is 0 Å². The Balaban J connectivity index is 1.24. The number of aryl methyl sites for hydroxylation is 1. The fraction of sp³-hybridized carbons (Fsp3) is 0.500. The fourth-order valence-corrected chi connectivity index (χ4v) is 4.81. The molecule has 1 N–H and O–H groups in total. The Morgan fingerprint density at radius 2 is 1.73 bits per heavy atom. The first-order valence-corrected chi connectivity index (χ1v) is 12.4. The third-order valence-electron chi connectivity index (χ3n) is 6.96. The molecule has 2 aliphatic rings. The molecule has 1 saturated carbocycles. The van der Waals surface area contributed by atoms with E-state index in [1.54, 1.807) is 12.1 Å². The van der Waals surface area contributed by atoms with Gasteiger partial charge >= 0.3 is 0 Å². The van der Waals surface area contributed by atoms with Crippen molar-refractivity contribution in [3.8, 4) is 0 Å². The number of carbonyl (C=O) groups excluding carboxylic acids is 2. The van der Waals surface area contributed by atoms with Gasteiger partial charge in [-0.2, -0.15) is 0 Å². The van der Waals surface area contributed by atoms with Crippen LogP contribution in [0.5, 0.6) is 0 Å². The number of nitrogens with zero attached hydrogens (tertiary/aromatic N) is 1. The van der Waals surface area contributed by atoms with E-state index >= 15 is 0 Å². The van der Waals surface area contributed by atoms with Gasteiger partial charge in [-0.3, -0.25) is 9.59 Å². The SMILES string of the molecule is Cc1ccc([C@@H]2C[C@H]2CCCCC[C@H](NC(=O)c2ccccc2)C(=O)N2CCOCC2)cc1. The van der Waals surface area contributed by atoms with Crippen LogP contribution in [0.3, 0.4) is 0 Å². The largest absolute Gasteiger partial charge is 0.378 e. The topological polar surface area (TPSA) is 58.6 Å². The van der Waals surface area contributed by atoms with Crippen molar-refractivity contribution >= 4 is 11.8 Å². The van der Waals surface area contributed by atoms with Gasteiger partial charge in [0.05, 0.1) is 13.2 Å². The summed E-state index contributed by atoms with van der Waals surface area (Å²) in [4.78, 5) is 27.7. The maximum atomic E-state index is 13.1. The van der Waals surface area contributed by atoms with Crippen molar-refractivity contribution < 1.29 is 14.3 Å². The van der Waals surface area contributed by atoms with Crippen LogP contribution in [0.1, 0.15) is 65.9 Å². The number of amides is 2. The summed E-state index contributed by atoms with van der Waals surface area (Å²) in [6.45, 7) is 4.45. The summed E-state index contributed by atoms with van der Waals surface area (Å²) in [5, 5.41) is 3.00. The van der Waals surface area contributed by atoms with Crippen LogP contribution in [-0.4, -0.2) is 49.1 Å². The average molecular weight is 449 g/mol. The van der Waals surface area contributed by atoms with Crippen molar-refractivity contribution in [3.05, 3.63) is 71.3 Å². The summed E-state index contributed by atoms with van der Waals surface area (Å²) in [6.07, 6.45) is 6.44. The van der Waals surface area contributed by atoms with E-state index in [1.807, 2.05) is 23.1 Å². The van der Waals surface area contributed by atoms with Crippen LogP contribution < -0.4 is 5.32 Å². The molecule has 0 unspecified atom stereocenters. The van der Waals surface area contributed by atoms with Crippen LogP contribution in [0, 0.1) is 12.8 Å². The molecule has 4 rings (SSSR count). The second-order valence-corrected chi connectivity index (χ2v) is 9.48. The molecule has 1 heterocycles. The average Bonchev–Trinajstić information content (AvgIpc) is 3.63. The Bertz CT molecular complexity index is 906. The second-order valence-electron chi connectivity index (χ2n) is 9.48. The quantitative estimate of drug-likeness (QED) is 0.536. The molecule has 33 heavy (non-hydrogen) atoms. The van der Waals surface area contributed by atoms with E-state index < -0.39 is 6.04 Å². The maximum Gasteiger partial charge on any atom is 0.251 e. The molecule has 1 aliphatic carbocycles. The predicted molar refractivity (Wildman–Crippen MR) is 130 cm³/mol. The summed E-state index contributed by atoms with van der Waals surface area (Å²) in [5.74, 6) is 1.37. The number of carbonyl (C=O) groups is 2. The molecule has 2 amide bonds. The number of morpholine rings is 1. The monoisotopic (exact) mass is 448 g/mol. The molecule has 0 aromatic heterocycles. The lowest BCUT2D eigenvalue weighted by Gasteiger charge is -2.30. The number of rotatable bonds is 10. The minimum atomic E-state index is -0.475. The Morgan fingerprint density at radius 1 is 1.00 bits per heavy atom. The summed E-state index contributed by atoms with van der Waals surface area (Å²) in [7, 11) is 0. The van der Waals surface area contributed by atoms with E-state index in [0.717, 1.165) is 24.7 Å². The highest BCUT2D eigenvalue weighted by molar-refractivity contribution is 5.97. The lowest BCUT2D eigenvalue weighted by Crippen LogP contribution is -2.51. The molecule has 0 spiro atoms. The van der Waals surface area contributed by atoms with Gasteiger partial charge in [0.25, 0.3) is 5.91 Å². The number of unbranched alkanes of at least 4 members (excludes halogenated alkanes) is 2. The number of benzene rings is 2. The molecule has 5 nitrogen and oxygen atoms in total. The van der Waals surface area contributed by atoms with Crippen LogP contribution >= 0.6 is 0 Å². The number of hydrogen-bond acceptors (Lipinski definition) is 3. The molecule has 176 valence electrons. The minimum Gasteiger partial charge on any atom is -0.378 e. The molecule has 0 bridgehead atoms. The van der Waals surface area contributed by atoms with Gasteiger partial charge in [-0.15, -0.1) is 0 Å². The van der Waals surface area contributed by atoms with Gasteiger partial charge < -0.3 is 15.0 Å². The van der Waals surface area contributed by atoms with Crippen LogP contribution in [0.25, 0.3) is 0 Å². The Kier molecular flexibility index (Phi) is 8.16. The number of nitrogens with one attached hydrogen (secondary N) is 1. The van der Waals surface area contributed by atoms with Gasteiger partial charge in [0.1, 0.15) is 6.04 Å². The minimum absolute atomic E-state index is 0.0178. The van der Waals surface area contributed by atoms with Gasteiger partial charge in [-0.25, -0.2) is 0 Å². The number of ether oxygens (including phenoxy) is 1. The van der Waals surface area contributed by atoms with E-state index in [0.29, 0.717) is 38.3 Å². The Hall–Kier alpha value is -2.66. The van der Waals surface area contributed by atoms with E-state index in [2.05, 4.69) is 36.5 Å². The smallest absolute Gasteiger partial charge is 0.251 e. The molecule has 5 heteroatoms. The standard InChI is InChI=1S/C28H36N2O3/c1-21-12-14-22(15-13-21)25-20-24(25)10-6-3-7-11-26(28(32)30-16-18-33-19-17-30)29-27(31)23-8-4-2-5-9-23/h2,4-5,8-9,12-15,24-26H,3,6-7,10-11,16-20H2,1H3,(H,29,31)/t24-,25+,26+/m1/s1. The molecule has 2 fully saturated rings. The van der Waals surface area contributed by atoms with Crippen LogP contribution in [0.15, 0.2) is 54.6 Å². The predicted octanol–water partition coefficient (Wildman–Crippen LogP) is 4.71. The first kappa shape index (κ1) is 23.5. The molecule has 3 atom stereocenters. The normalized spacial score (nSPS) is 20.8. The summed E-state index contributed by atoms with van der Waals surface area (Å²) in [5.41, 5.74) is 3.38. The highest BCUT2D eigenvalue weighted by Gasteiger charge is 2.37. The molecule has 2 aromatic carbocycles. The summed E-state index contributed by atoms with van der Waals surface area (Å²) < 4.78 is 5.39. The van der Waals surface area contributed by atoms with Crippen molar-refractivity contribution in [2.75, 3.05) is 26.3 Å². The Morgan fingerprint density at radius 3 is 2.45 bits per heavy atom. The van der Waals surface area contributed by atoms with Gasteiger partial charge in [-0.05, 0) is 55.7 Å². The van der Waals surface area contributed by atoms with E-state index in [9.17, 15) is 9.59 Å². The zero-order chi connectivity index (χ0) is 23.0. The third-order valence-corrected chi connectivity index (χ3v) is 6.96. The highest BCUT2D eigenvalue weighted by atomic mass is 16.5. The van der Waals surface area contributed by atoms with Gasteiger partial charge in [-0.1, -0.05) is 67.3 Å². The fourth-order valence-electron chi connectivity index (χ4n) is 4.81. The van der Waals surface area contributed by atoms with Crippen molar-refractivity contribution in [2.45, 2.75) is 57.4 Å². The van der Waals surface area contributed by atoms with Gasteiger partial charge in [0.2, 0.25) is 5.91 Å². The van der Waals surface area contributed by atoms with E-state index in [1.165, 1.54) is 30.4 Å². The highest BCUT2D eigenvalue weighted by Crippen LogP contribution is 2.50. The zero-order valence-corrected chi connectivity index (χ0v) is 19.7. The molecule has 1 aliphatic heterocycles. The third kappa shape index (κ3) is 6.67. The lowest BCUT2D eigenvalue weighted by molar-refractivity contribution is -0.137. The first-order valence-electron chi connectivity index (χ1n) is 12.4. The molecule has 0 radical (unpaired) electrons. The second kappa shape index (κ2) is 11.5. The summed E-state index contributed by atoms with van der Waals surface area (Å²) >= 11 is 0. The molecule has 1 saturated heterocycles. The Labute approximate surface area is 197 Å². The molecule has 2 aromatic rings. The number of hydrogen-bond donors (Lipinski definition) is 1. The van der Waals surface area contributed by atoms with Gasteiger partial charge in [0.15, 0.2) is 0 Å². The first-order chi connectivity index (χ1) is 16.1. The van der Waals surface area contributed by atoms with E-state index in [-0.39, 0.29) is 11.8 Å². The zero-order valence-electron chi connectivity index (χ0n) is 19.7. The van der Waals surface area contributed by atoms with Crippen LogP contribution in [-0.2, 0) is 9.53 Å². The van der Waals surface area contributed by atoms with Crippen molar-refractivity contribution in [2.24, 2.45) is 5.92 Å². The van der Waals surface area contributed by atoms with Crippen molar-refractivity contribution in [3.63, 3.8) is 0 Å². The molecular weight excluding hydrogens is 412 g/mol.